The van der Waals surface area contributed by atoms with Crippen molar-refractivity contribution in [3.8, 4) is 0 Å². The van der Waals surface area contributed by atoms with Crippen LogP contribution in [-0.2, 0) is 9.84 Å². The summed E-state index contributed by atoms with van der Waals surface area (Å²) < 4.78 is 60.9. The first-order chi connectivity index (χ1) is 11.1. The summed E-state index contributed by atoms with van der Waals surface area (Å²) in [5.41, 5.74) is -5.97. The molecule has 1 heterocycles. The van der Waals surface area contributed by atoms with E-state index in [4.69, 9.17) is 0 Å². The SMILES string of the molecule is CC[C@H]1CCCCN1c1ccc(S(=O)(=O)C(F)(F)F)cc1[N+](=O)[O-]. The van der Waals surface area contributed by atoms with Crippen LogP contribution in [0.1, 0.15) is 32.6 Å². The third-order valence-electron chi connectivity index (χ3n) is 4.17. The van der Waals surface area contributed by atoms with E-state index in [1.807, 2.05) is 6.92 Å². The monoisotopic (exact) mass is 366 g/mol. The number of piperidine rings is 1. The number of alkyl halides is 3. The zero-order valence-electron chi connectivity index (χ0n) is 12.9. The largest absolute Gasteiger partial charge is 0.501 e. The summed E-state index contributed by atoms with van der Waals surface area (Å²) in [5.74, 6) is 0. The van der Waals surface area contributed by atoms with Gasteiger partial charge in [-0.1, -0.05) is 6.92 Å². The van der Waals surface area contributed by atoms with E-state index in [9.17, 15) is 31.7 Å². The molecular weight excluding hydrogens is 349 g/mol. The van der Waals surface area contributed by atoms with Crippen molar-refractivity contribution >= 4 is 21.2 Å². The lowest BCUT2D eigenvalue weighted by atomic mass is 9.99. The van der Waals surface area contributed by atoms with Gasteiger partial charge in [0, 0.05) is 18.7 Å². The average molecular weight is 366 g/mol. The molecule has 0 saturated carbocycles. The summed E-state index contributed by atoms with van der Waals surface area (Å²) in [7, 11) is -5.62. The van der Waals surface area contributed by atoms with E-state index in [0.717, 1.165) is 37.8 Å². The van der Waals surface area contributed by atoms with E-state index in [1.165, 1.54) is 0 Å². The molecule has 2 rings (SSSR count). The Morgan fingerprint density at radius 1 is 1.33 bits per heavy atom. The third-order valence-corrected chi connectivity index (χ3v) is 5.65. The Balaban J connectivity index is 2.54. The predicted molar refractivity (Wildman–Crippen MR) is 81.6 cm³/mol. The molecule has 0 aromatic heterocycles. The van der Waals surface area contributed by atoms with Gasteiger partial charge in [-0.25, -0.2) is 8.42 Å². The van der Waals surface area contributed by atoms with E-state index in [-0.39, 0.29) is 11.7 Å². The number of hydrogen-bond donors (Lipinski definition) is 0. The van der Waals surface area contributed by atoms with Crippen LogP contribution in [0.25, 0.3) is 0 Å². The topological polar surface area (TPSA) is 80.5 Å². The highest BCUT2D eigenvalue weighted by Gasteiger charge is 2.47. The Morgan fingerprint density at radius 3 is 2.54 bits per heavy atom. The van der Waals surface area contributed by atoms with E-state index < -0.39 is 30.9 Å². The zero-order chi connectivity index (χ0) is 18.1. The number of benzene rings is 1. The van der Waals surface area contributed by atoms with E-state index in [1.54, 1.807) is 4.90 Å². The van der Waals surface area contributed by atoms with Gasteiger partial charge in [0.15, 0.2) is 0 Å². The Hall–Kier alpha value is -1.84. The molecule has 0 amide bonds. The fraction of sp³-hybridized carbons (Fsp3) is 0.571. The van der Waals surface area contributed by atoms with Crippen molar-refractivity contribution < 1.29 is 26.5 Å². The summed E-state index contributed by atoms with van der Waals surface area (Å²) in [5, 5.41) is 11.3. The molecule has 1 atom stereocenters. The van der Waals surface area contributed by atoms with Crippen LogP contribution in [0.5, 0.6) is 0 Å². The van der Waals surface area contributed by atoms with Crippen molar-refractivity contribution in [1.82, 2.24) is 0 Å². The Kier molecular flexibility index (Phi) is 5.07. The minimum absolute atomic E-state index is 0.0440. The van der Waals surface area contributed by atoms with Crippen LogP contribution in [0.15, 0.2) is 23.1 Å². The quantitative estimate of drug-likeness (QED) is 0.600. The maximum atomic E-state index is 12.7. The Morgan fingerprint density at radius 2 is 2.00 bits per heavy atom. The third kappa shape index (κ3) is 3.33. The summed E-state index contributed by atoms with van der Waals surface area (Å²) in [6.45, 7) is 2.47. The molecule has 1 aliphatic rings. The van der Waals surface area contributed by atoms with Gasteiger partial charge >= 0.3 is 5.51 Å². The van der Waals surface area contributed by atoms with Crippen LogP contribution in [0.2, 0.25) is 0 Å². The van der Waals surface area contributed by atoms with Crippen molar-refractivity contribution in [3.63, 3.8) is 0 Å². The van der Waals surface area contributed by atoms with Gasteiger partial charge in [-0.3, -0.25) is 10.1 Å². The molecule has 0 radical (unpaired) electrons. The smallest absolute Gasteiger partial charge is 0.363 e. The number of nitro benzene ring substituents is 1. The number of rotatable bonds is 4. The number of anilines is 1. The summed E-state index contributed by atoms with van der Waals surface area (Å²) in [6.07, 6.45) is 3.36. The molecule has 0 N–H and O–H groups in total. The van der Waals surface area contributed by atoms with Crippen molar-refractivity contribution in [2.75, 3.05) is 11.4 Å². The standard InChI is InChI=1S/C14H17F3N2O4S/c1-2-10-5-3-4-8-18(10)12-7-6-11(9-13(12)19(20)21)24(22,23)14(15,16)17/h6-7,9-10H,2-5,8H2,1H3/t10-/m0/s1. The predicted octanol–water partition coefficient (Wildman–Crippen LogP) is 3.66. The second-order valence-electron chi connectivity index (χ2n) is 5.61. The average Bonchev–Trinajstić information content (AvgIpc) is 2.53. The molecule has 0 unspecified atom stereocenters. The molecule has 10 heteroatoms. The van der Waals surface area contributed by atoms with Gasteiger partial charge in [-0.15, -0.1) is 0 Å². The molecule has 0 bridgehead atoms. The Labute approximate surface area is 137 Å². The summed E-state index contributed by atoms with van der Waals surface area (Å²) in [6, 6.07) is 2.43. The molecule has 1 fully saturated rings. The lowest BCUT2D eigenvalue weighted by molar-refractivity contribution is -0.384. The van der Waals surface area contributed by atoms with Crippen molar-refractivity contribution in [3.05, 3.63) is 28.3 Å². The number of hydrogen-bond acceptors (Lipinski definition) is 5. The molecular formula is C14H17F3N2O4S. The van der Waals surface area contributed by atoms with Crippen LogP contribution in [0.4, 0.5) is 24.5 Å². The highest BCUT2D eigenvalue weighted by Crippen LogP contribution is 2.38. The van der Waals surface area contributed by atoms with E-state index in [2.05, 4.69) is 0 Å². The normalized spacial score (nSPS) is 19.3. The molecule has 0 spiro atoms. The molecule has 1 aromatic carbocycles. The van der Waals surface area contributed by atoms with Gasteiger partial charge in [0.05, 0.1) is 9.82 Å². The van der Waals surface area contributed by atoms with Crippen molar-refractivity contribution in [2.45, 2.75) is 49.1 Å². The van der Waals surface area contributed by atoms with E-state index in [0.29, 0.717) is 12.6 Å². The maximum Gasteiger partial charge on any atom is 0.501 e. The summed E-state index contributed by atoms with van der Waals surface area (Å²) in [4.78, 5) is 11.1. The molecule has 1 saturated heterocycles. The molecule has 6 nitrogen and oxygen atoms in total. The number of halogens is 3. The second-order valence-corrected chi connectivity index (χ2v) is 7.55. The highest BCUT2D eigenvalue weighted by molar-refractivity contribution is 7.92. The lowest BCUT2D eigenvalue weighted by Crippen LogP contribution is -2.39. The minimum Gasteiger partial charge on any atom is -0.363 e. The van der Waals surface area contributed by atoms with Gasteiger partial charge in [0.2, 0.25) is 0 Å². The molecule has 0 aliphatic carbocycles. The Bertz CT molecular complexity index is 734. The van der Waals surface area contributed by atoms with Gasteiger partial charge in [-0.05, 0) is 37.8 Å². The number of sulfone groups is 1. The van der Waals surface area contributed by atoms with Crippen molar-refractivity contribution in [2.24, 2.45) is 0 Å². The van der Waals surface area contributed by atoms with Crippen LogP contribution < -0.4 is 4.90 Å². The molecule has 1 aliphatic heterocycles. The van der Waals surface area contributed by atoms with Crippen LogP contribution >= 0.6 is 0 Å². The first-order valence-corrected chi connectivity index (χ1v) is 8.94. The summed E-state index contributed by atoms with van der Waals surface area (Å²) >= 11 is 0. The molecule has 24 heavy (non-hydrogen) atoms. The van der Waals surface area contributed by atoms with E-state index >= 15 is 0 Å². The zero-order valence-corrected chi connectivity index (χ0v) is 13.7. The van der Waals surface area contributed by atoms with Crippen LogP contribution in [0, 0.1) is 10.1 Å². The van der Waals surface area contributed by atoms with Gasteiger partial charge in [0.1, 0.15) is 5.69 Å². The first-order valence-electron chi connectivity index (χ1n) is 7.46. The lowest BCUT2D eigenvalue weighted by Gasteiger charge is -2.36. The fourth-order valence-electron chi connectivity index (χ4n) is 2.94. The first kappa shape index (κ1) is 18.5. The highest BCUT2D eigenvalue weighted by atomic mass is 32.2. The molecule has 134 valence electrons. The van der Waals surface area contributed by atoms with Crippen LogP contribution in [0.3, 0.4) is 0 Å². The number of nitro groups is 1. The second kappa shape index (κ2) is 6.58. The van der Waals surface area contributed by atoms with Crippen LogP contribution in [-0.4, -0.2) is 31.4 Å². The minimum atomic E-state index is -5.62. The fourth-order valence-corrected chi connectivity index (χ4v) is 3.72. The molecule has 1 aromatic rings. The number of nitrogens with zero attached hydrogens (tertiary/aromatic N) is 2. The maximum absolute atomic E-state index is 12.7. The van der Waals surface area contributed by atoms with Gasteiger partial charge in [0.25, 0.3) is 15.5 Å². The van der Waals surface area contributed by atoms with Crippen molar-refractivity contribution in [1.29, 1.82) is 0 Å². The van der Waals surface area contributed by atoms with Gasteiger partial charge in [-0.2, -0.15) is 13.2 Å². The van der Waals surface area contributed by atoms with Gasteiger partial charge < -0.3 is 4.90 Å².